The van der Waals surface area contributed by atoms with Crippen LogP contribution in [0.25, 0.3) is 10.4 Å². The van der Waals surface area contributed by atoms with Crippen molar-refractivity contribution in [3.05, 3.63) is 10.4 Å². The summed E-state index contributed by atoms with van der Waals surface area (Å²) in [6.07, 6.45) is 4.31. The van der Waals surface area contributed by atoms with Crippen LogP contribution in [0, 0.1) is 0 Å². The highest BCUT2D eigenvalue weighted by Crippen LogP contribution is 2.12. The zero-order chi connectivity index (χ0) is 11.6. The van der Waals surface area contributed by atoms with Gasteiger partial charge in [-0.05, 0) is 37.6 Å². The number of azide groups is 1. The van der Waals surface area contributed by atoms with Gasteiger partial charge in [-0.15, -0.1) is 0 Å². The highest BCUT2D eigenvalue weighted by molar-refractivity contribution is 5.80. The van der Waals surface area contributed by atoms with Crippen molar-refractivity contribution in [3.8, 4) is 0 Å². The van der Waals surface area contributed by atoms with Crippen LogP contribution in [0.4, 0.5) is 0 Å². The topological polar surface area (TPSA) is 87.1 Å². The molecule has 1 aliphatic rings. The third kappa shape index (κ3) is 5.00. The van der Waals surface area contributed by atoms with E-state index in [1.165, 1.54) is 0 Å². The van der Waals surface area contributed by atoms with Crippen molar-refractivity contribution in [2.45, 2.75) is 38.2 Å². The van der Waals surface area contributed by atoms with Crippen molar-refractivity contribution in [3.63, 3.8) is 0 Å². The Bertz CT molecular complexity index is 258. The molecule has 0 bridgehead atoms. The number of rotatable bonds is 6. The zero-order valence-corrected chi connectivity index (χ0v) is 9.39. The maximum atomic E-state index is 11.6. The first kappa shape index (κ1) is 12.8. The number of hydrogen-bond acceptors (Lipinski definition) is 3. The molecule has 1 aliphatic heterocycles. The van der Waals surface area contributed by atoms with Crippen molar-refractivity contribution in [1.82, 2.24) is 5.32 Å². The number of carbonyl (C=O) groups excluding carboxylic acids is 1. The van der Waals surface area contributed by atoms with Crippen LogP contribution in [-0.4, -0.2) is 31.7 Å². The minimum Gasteiger partial charge on any atom is -0.368 e. The zero-order valence-electron chi connectivity index (χ0n) is 9.39. The Kier molecular flexibility index (Phi) is 6.37. The molecule has 0 aliphatic carbocycles. The quantitative estimate of drug-likeness (QED) is 0.324. The van der Waals surface area contributed by atoms with Crippen LogP contribution >= 0.6 is 0 Å². The Balaban J connectivity index is 2.03. The van der Waals surface area contributed by atoms with Crippen LogP contribution in [0.2, 0.25) is 0 Å². The Morgan fingerprint density at radius 2 is 2.38 bits per heavy atom. The third-order valence-electron chi connectivity index (χ3n) is 2.52. The van der Waals surface area contributed by atoms with Gasteiger partial charge in [0.1, 0.15) is 6.10 Å². The van der Waals surface area contributed by atoms with Gasteiger partial charge in [0.05, 0.1) is 0 Å². The van der Waals surface area contributed by atoms with E-state index < -0.39 is 0 Å². The molecule has 1 heterocycles. The second-order valence-electron chi connectivity index (χ2n) is 3.81. The second-order valence-corrected chi connectivity index (χ2v) is 3.81. The van der Waals surface area contributed by atoms with Crippen LogP contribution < -0.4 is 5.32 Å². The molecule has 6 nitrogen and oxygen atoms in total. The molecule has 1 unspecified atom stereocenters. The maximum absolute atomic E-state index is 11.6. The van der Waals surface area contributed by atoms with E-state index in [0.29, 0.717) is 19.7 Å². The summed E-state index contributed by atoms with van der Waals surface area (Å²) in [7, 11) is 0. The first-order valence-corrected chi connectivity index (χ1v) is 5.75. The number of nitrogens with zero attached hydrogens (tertiary/aromatic N) is 3. The molecule has 1 fully saturated rings. The molecular formula is C10H18N4O2. The Morgan fingerprint density at radius 1 is 1.50 bits per heavy atom. The predicted molar refractivity (Wildman–Crippen MR) is 59.8 cm³/mol. The second kappa shape index (κ2) is 7.96. The van der Waals surface area contributed by atoms with E-state index in [0.717, 1.165) is 32.1 Å². The van der Waals surface area contributed by atoms with Gasteiger partial charge >= 0.3 is 0 Å². The predicted octanol–water partition coefficient (Wildman–Crippen LogP) is 1.76. The van der Waals surface area contributed by atoms with E-state index in [1.54, 1.807) is 0 Å². The van der Waals surface area contributed by atoms with Crippen LogP contribution in [-0.2, 0) is 9.53 Å². The average Bonchev–Trinajstić information content (AvgIpc) is 2.34. The van der Waals surface area contributed by atoms with E-state index >= 15 is 0 Å². The normalized spacial score (nSPS) is 19.9. The molecule has 1 N–H and O–H groups in total. The molecule has 1 atom stereocenters. The summed E-state index contributed by atoms with van der Waals surface area (Å²) in [5, 5.41) is 6.25. The molecule has 0 aromatic carbocycles. The summed E-state index contributed by atoms with van der Waals surface area (Å²) in [4.78, 5) is 14.2. The highest BCUT2D eigenvalue weighted by atomic mass is 16.5. The molecule has 0 aromatic heterocycles. The van der Waals surface area contributed by atoms with Gasteiger partial charge < -0.3 is 10.1 Å². The van der Waals surface area contributed by atoms with E-state index in [9.17, 15) is 4.79 Å². The van der Waals surface area contributed by atoms with Gasteiger partial charge in [-0.1, -0.05) is 5.11 Å². The van der Waals surface area contributed by atoms with Crippen LogP contribution in [0.1, 0.15) is 32.1 Å². The van der Waals surface area contributed by atoms with E-state index in [-0.39, 0.29) is 12.0 Å². The number of hydrogen-bond donors (Lipinski definition) is 1. The van der Waals surface area contributed by atoms with Gasteiger partial charge in [-0.25, -0.2) is 0 Å². The number of unbranched alkanes of at least 4 members (excludes halogenated alkanes) is 1. The van der Waals surface area contributed by atoms with Crippen molar-refractivity contribution in [2.75, 3.05) is 19.7 Å². The van der Waals surface area contributed by atoms with Crippen LogP contribution in [0.5, 0.6) is 0 Å². The Hall–Kier alpha value is -1.26. The Labute approximate surface area is 95.0 Å². The molecule has 16 heavy (non-hydrogen) atoms. The molecule has 0 saturated carbocycles. The SMILES string of the molecule is [N-]=[N+]=NCCCCNC(=O)C1CCCCO1. The molecule has 1 amide bonds. The van der Waals surface area contributed by atoms with Crippen molar-refractivity contribution >= 4 is 5.91 Å². The minimum absolute atomic E-state index is 0.0107. The fourth-order valence-electron chi connectivity index (χ4n) is 1.63. The van der Waals surface area contributed by atoms with E-state index in [1.807, 2.05) is 0 Å². The summed E-state index contributed by atoms with van der Waals surface area (Å²) in [6, 6.07) is 0. The largest absolute Gasteiger partial charge is 0.368 e. The minimum atomic E-state index is -0.258. The van der Waals surface area contributed by atoms with Crippen molar-refractivity contribution < 1.29 is 9.53 Å². The first-order chi connectivity index (χ1) is 7.84. The molecule has 0 radical (unpaired) electrons. The number of amides is 1. The highest BCUT2D eigenvalue weighted by Gasteiger charge is 2.20. The summed E-state index contributed by atoms with van der Waals surface area (Å²) in [5.74, 6) is -0.0107. The van der Waals surface area contributed by atoms with Crippen LogP contribution in [0.15, 0.2) is 5.11 Å². The summed E-state index contributed by atoms with van der Waals surface area (Å²) < 4.78 is 5.36. The molecule has 1 rings (SSSR count). The van der Waals surface area contributed by atoms with Gasteiger partial charge in [-0.3, -0.25) is 4.79 Å². The summed E-state index contributed by atoms with van der Waals surface area (Å²) in [5.41, 5.74) is 8.05. The van der Waals surface area contributed by atoms with Crippen molar-refractivity contribution in [2.24, 2.45) is 5.11 Å². The smallest absolute Gasteiger partial charge is 0.249 e. The lowest BCUT2D eigenvalue weighted by Gasteiger charge is -2.21. The number of carbonyl (C=O) groups is 1. The van der Waals surface area contributed by atoms with E-state index in [4.69, 9.17) is 10.3 Å². The average molecular weight is 226 g/mol. The molecule has 0 spiro atoms. The maximum Gasteiger partial charge on any atom is 0.249 e. The number of ether oxygens (including phenoxy) is 1. The monoisotopic (exact) mass is 226 g/mol. The molecule has 6 heteroatoms. The molecule has 90 valence electrons. The van der Waals surface area contributed by atoms with Gasteiger partial charge in [0.15, 0.2) is 0 Å². The lowest BCUT2D eigenvalue weighted by atomic mass is 10.1. The van der Waals surface area contributed by atoms with E-state index in [2.05, 4.69) is 15.3 Å². The van der Waals surface area contributed by atoms with Crippen molar-refractivity contribution in [1.29, 1.82) is 0 Å². The number of nitrogens with one attached hydrogen (secondary N) is 1. The molecular weight excluding hydrogens is 208 g/mol. The van der Waals surface area contributed by atoms with Crippen LogP contribution in [0.3, 0.4) is 0 Å². The lowest BCUT2D eigenvalue weighted by Crippen LogP contribution is -2.38. The summed E-state index contributed by atoms with van der Waals surface area (Å²) in [6.45, 7) is 1.81. The fraction of sp³-hybridized carbons (Fsp3) is 0.900. The van der Waals surface area contributed by atoms with Gasteiger partial charge in [0.25, 0.3) is 0 Å². The summed E-state index contributed by atoms with van der Waals surface area (Å²) >= 11 is 0. The fourth-order valence-corrected chi connectivity index (χ4v) is 1.63. The standard InChI is InChI=1S/C10H18N4O2/c11-14-13-7-3-2-6-12-10(15)9-5-1-4-8-16-9/h9H,1-8H2,(H,12,15). The third-order valence-corrected chi connectivity index (χ3v) is 2.52. The first-order valence-electron chi connectivity index (χ1n) is 5.75. The van der Waals surface area contributed by atoms with Gasteiger partial charge in [0, 0.05) is 24.6 Å². The lowest BCUT2D eigenvalue weighted by molar-refractivity contribution is -0.135. The molecule has 1 saturated heterocycles. The Morgan fingerprint density at radius 3 is 3.06 bits per heavy atom. The van der Waals surface area contributed by atoms with Gasteiger partial charge in [0.2, 0.25) is 5.91 Å². The van der Waals surface area contributed by atoms with Gasteiger partial charge in [-0.2, -0.15) is 0 Å². The molecule has 0 aromatic rings.